The fourth-order valence-electron chi connectivity index (χ4n) is 5.25. The van der Waals surface area contributed by atoms with Gasteiger partial charge < -0.3 is 3.07 Å². The molecule has 0 aliphatic heterocycles. The van der Waals surface area contributed by atoms with Gasteiger partial charge in [0.1, 0.15) is 5.76 Å². The van der Waals surface area contributed by atoms with Crippen LogP contribution in [0, 0.1) is 6.92 Å². The van der Waals surface area contributed by atoms with Gasteiger partial charge in [-0.2, -0.15) is 0 Å². The monoisotopic (exact) mass is 540 g/mol. The second-order valence-corrected chi connectivity index (χ2v) is 11.1. The topological polar surface area (TPSA) is 26.3 Å². The number of benzene rings is 2. The summed E-state index contributed by atoms with van der Waals surface area (Å²) in [4.78, 5) is 12.5. The standard InChI is InChI=1S/C29H33IO2/c1-18-16-23-24(29(5,6)15-14-28(23,3)4)17-22(18)19(2)20-10-12-21(13-11-20)27-25(31)8-7-9-26(27)32-30/h10-13,16-17H,2,7-9,14-15H2,1,3-6H3. The molecule has 0 spiro atoms. The zero-order chi connectivity index (χ0) is 23.3. The van der Waals surface area contributed by atoms with E-state index < -0.39 is 0 Å². The maximum absolute atomic E-state index is 12.5. The third-order valence-electron chi connectivity index (χ3n) is 7.50. The molecule has 0 N–H and O–H groups in total. The number of carbonyl (C=O) groups is 1. The summed E-state index contributed by atoms with van der Waals surface area (Å²) in [5.74, 6) is 0.966. The lowest BCUT2D eigenvalue weighted by Crippen LogP contribution is -2.34. The van der Waals surface area contributed by atoms with Gasteiger partial charge in [0.2, 0.25) is 0 Å². The number of hydrogen-bond donors (Lipinski definition) is 0. The molecule has 0 radical (unpaired) electrons. The Morgan fingerprint density at radius 2 is 1.56 bits per heavy atom. The highest BCUT2D eigenvalue weighted by molar-refractivity contribution is 14.1. The molecule has 0 atom stereocenters. The summed E-state index contributed by atoms with van der Waals surface area (Å²) in [5, 5.41) is 0. The van der Waals surface area contributed by atoms with Crippen molar-refractivity contribution in [2.24, 2.45) is 0 Å². The number of carbonyl (C=O) groups excluding carboxylic acids is 1. The zero-order valence-electron chi connectivity index (χ0n) is 19.9. The molecule has 2 nitrogen and oxygen atoms in total. The predicted octanol–water partition coefficient (Wildman–Crippen LogP) is 8.24. The number of rotatable bonds is 4. The van der Waals surface area contributed by atoms with Crippen LogP contribution in [0.4, 0.5) is 0 Å². The summed E-state index contributed by atoms with van der Waals surface area (Å²) in [6.45, 7) is 16.1. The molecule has 2 aliphatic rings. The van der Waals surface area contributed by atoms with Gasteiger partial charge in [0.25, 0.3) is 0 Å². The minimum Gasteiger partial charge on any atom is -0.431 e. The summed E-state index contributed by atoms with van der Waals surface area (Å²) in [5.41, 5.74) is 9.58. The van der Waals surface area contributed by atoms with Crippen LogP contribution in [0.3, 0.4) is 0 Å². The highest BCUT2D eigenvalue weighted by Gasteiger charge is 2.37. The van der Waals surface area contributed by atoms with Gasteiger partial charge in [0.05, 0.1) is 5.57 Å². The molecular weight excluding hydrogens is 507 g/mol. The Labute approximate surface area is 206 Å². The van der Waals surface area contributed by atoms with Crippen LogP contribution >= 0.6 is 23.0 Å². The fourth-order valence-corrected chi connectivity index (χ4v) is 5.70. The number of halogens is 1. The first-order chi connectivity index (χ1) is 15.0. The smallest absolute Gasteiger partial charge is 0.192 e. The quantitative estimate of drug-likeness (QED) is 0.365. The van der Waals surface area contributed by atoms with E-state index in [1.54, 1.807) is 0 Å². The Morgan fingerprint density at radius 3 is 2.16 bits per heavy atom. The molecule has 0 saturated carbocycles. The van der Waals surface area contributed by atoms with Crippen molar-refractivity contribution < 1.29 is 7.86 Å². The minimum atomic E-state index is 0.168. The fraction of sp³-hybridized carbons (Fsp3) is 0.414. The van der Waals surface area contributed by atoms with E-state index in [0.29, 0.717) is 6.42 Å². The van der Waals surface area contributed by atoms with Gasteiger partial charge in [-0.3, -0.25) is 4.79 Å². The number of ketones is 1. The highest BCUT2D eigenvalue weighted by Crippen LogP contribution is 2.47. The van der Waals surface area contributed by atoms with E-state index in [0.717, 1.165) is 40.9 Å². The molecule has 3 heteroatoms. The van der Waals surface area contributed by atoms with Gasteiger partial charge in [-0.25, -0.2) is 0 Å². The van der Waals surface area contributed by atoms with Gasteiger partial charge in [0.15, 0.2) is 28.8 Å². The molecule has 0 amide bonds. The van der Waals surface area contributed by atoms with Crippen LogP contribution in [-0.4, -0.2) is 5.78 Å². The maximum atomic E-state index is 12.5. The van der Waals surface area contributed by atoms with Crippen molar-refractivity contribution in [3.8, 4) is 0 Å². The Bertz CT molecular complexity index is 1120. The van der Waals surface area contributed by atoms with Gasteiger partial charge in [0, 0.05) is 12.8 Å². The van der Waals surface area contributed by atoms with Crippen LogP contribution in [0.5, 0.6) is 0 Å². The van der Waals surface area contributed by atoms with Crippen molar-refractivity contribution in [2.75, 3.05) is 0 Å². The normalized spacial score (nSPS) is 19.5. The van der Waals surface area contributed by atoms with Crippen molar-refractivity contribution in [2.45, 2.75) is 77.6 Å². The molecule has 0 aromatic heterocycles. The van der Waals surface area contributed by atoms with Crippen LogP contribution in [0.1, 0.15) is 93.2 Å². The van der Waals surface area contributed by atoms with Gasteiger partial charge >= 0.3 is 0 Å². The first-order valence-electron chi connectivity index (χ1n) is 11.6. The third kappa shape index (κ3) is 4.09. The summed E-state index contributed by atoms with van der Waals surface area (Å²) in [7, 11) is 0. The zero-order valence-corrected chi connectivity index (χ0v) is 22.1. The van der Waals surface area contributed by atoms with Crippen molar-refractivity contribution in [1.82, 2.24) is 0 Å². The molecule has 0 unspecified atom stereocenters. The summed E-state index contributed by atoms with van der Waals surface area (Å²) >= 11 is 1.89. The highest BCUT2D eigenvalue weighted by atomic mass is 127. The number of hydrogen-bond acceptors (Lipinski definition) is 2. The van der Waals surface area contributed by atoms with Gasteiger partial charge in [-0.1, -0.05) is 70.7 Å². The minimum absolute atomic E-state index is 0.168. The molecule has 32 heavy (non-hydrogen) atoms. The molecule has 168 valence electrons. The second-order valence-electron chi connectivity index (χ2n) is 10.7. The summed E-state index contributed by atoms with van der Waals surface area (Å²) in [6.07, 6.45) is 4.68. The van der Waals surface area contributed by atoms with E-state index in [-0.39, 0.29) is 16.6 Å². The lowest BCUT2D eigenvalue weighted by molar-refractivity contribution is -0.114. The number of allylic oxidation sites excluding steroid dienone is 2. The van der Waals surface area contributed by atoms with E-state index in [9.17, 15) is 4.79 Å². The molecule has 0 heterocycles. The largest absolute Gasteiger partial charge is 0.431 e. The van der Waals surface area contributed by atoms with E-state index >= 15 is 0 Å². The van der Waals surface area contributed by atoms with E-state index in [2.05, 4.69) is 65.5 Å². The van der Waals surface area contributed by atoms with Crippen LogP contribution in [0.2, 0.25) is 0 Å². The van der Waals surface area contributed by atoms with Crippen molar-refractivity contribution >= 4 is 39.9 Å². The Kier molecular flexibility index (Phi) is 6.17. The van der Waals surface area contributed by atoms with Crippen molar-refractivity contribution in [3.05, 3.63) is 82.1 Å². The first kappa shape index (κ1) is 23.3. The molecule has 0 bridgehead atoms. The Balaban J connectivity index is 1.72. The molecule has 2 aliphatic carbocycles. The number of aryl methyl sites for hydroxylation is 1. The first-order valence-corrected chi connectivity index (χ1v) is 12.4. The number of Topliss-reactive ketones (excluding diaryl/α,β-unsaturated/α-hetero) is 1. The molecule has 4 rings (SSSR count). The van der Waals surface area contributed by atoms with Crippen LogP contribution < -0.4 is 0 Å². The Hall–Kier alpha value is -1.88. The summed E-state index contributed by atoms with van der Waals surface area (Å²) in [6, 6.07) is 13.0. The van der Waals surface area contributed by atoms with Crippen LogP contribution in [0.25, 0.3) is 11.1 Å². The van der Waals surface area contributed by atoms with E-state index in [4.69, 9.17) is 3.07 Å². The van der Waals surface area contributed by atoms with E-state index in [1.807, 2.05) is 35.1 Å². The lowest BCUT2D eigenvalue weighted by atomic mass is 9.62. The number of fused-ring (bicyclic) bond motifs is 1. The molecule has 0 fully saturated rings. The van der Waals surface area contributed by atoms with Gasteiger partial charge in [-0.15, -0.1) is 0 Å². The molecule has 0 saturated heterocycles. The average molecular weight is 540 g/mol. The van der Waals surface area contributed by atoms with Crippen molar-refractivity contribution in [3.63, 3.8) is 0 Å². The average Bonchev–Trinajstić information content (AvgIpc) is 2.76. The van der Waals surface area contributed by atoms with Gasteiger partial charge in [-0.05, 0) is 76.0 Å². The summed E-state index contributed by atoms with van der Waals surface area (Å²) < 4.78 is 5.49. The molecule has 2 aromatic carbocycles. The van der Waals surface area contributed by atoms with Crippen LogP contribution in [-0.2, 0) is 18.7 Å². The van der Waals surface area contributed by atoms with E-state index in [1.165, 1.54) is 35.1 Å². The molecular formula is C29H33IO2. The SMILES string of the molecule is C=C(c1ccc(C2=C(OI)CCCC2=O)cc1)c1cc2c(cc1C)C(C)(C)CCC2(C)C. The Morgan fingerprint density at radius 1 is 0.969 bits per heavy atom. The maximum Gasteiger partial charge on any atom is 0.192 e. The second kappa shape index (κ2) is 8.48. The third-order valence-corrected chi connectivity index (χ3v) is 8.04. The van der Waals surface area contributed by atoms with Crippen molar-refractivity contribution in [1.29, 1.82) is 0 Å². The van der Waals surface area contributed by atoms with Crippen LogP contribution in [0.15, 0.2) is 48.7 Å². The predicted molar refractivity (Wildman–Crippen MR) is 142 cm³/mol. The lowest BCUT2D eigenvalue weighted by Gasteiger charge is -2.42. The molecule has 2 aromatic rings.